The number of pyridine rings is 1. The van der Waals surface area contributed by atoms with Crippen LogP contribution in [0.1, 0.15) is 6.92 Å². The van der Waals surface area contributed by atoms with Gasteiger partial charge in [0.1, 0.15) is 5.82 Å². The van der Waals surface area contributed by atoms with Crippen LogP contribution in [0.3, 0.4) is 0 Å². The van der Waals surface area contributed by atoms with Gasteiger partial charge in [0.05, 0.1) is 11.5 Å². The summed E-state index contributed by atoms with van der Waals surface area (Å²) in [6.07, 6.45) is 0. The first-order valence-corrected chi connectivity index (χ1v) is 5.26. The quantitative estimate of drug-likeness (QED) is 0.453. The Hall–Kier alpha value is -1.89. The number of rotatable bonds is 6. The lowest BCUT2D eigenvalue weighted by atomic mass is 10.3. The SMILES string of the molecule is CCOCCN(C)c1ccc([N+](=O)[O-])c(N)n1. The van der Waals surface area contributed by atoms with E-state index in [0.29, 0.717) is 25.6 Å². The van der Waals surface area contributed by atoms with Crippen LogP contribution in [0.4, 0.5) is 17.3 Å². The van der Waals surface area contributed by atoms with Crippen LogP contribution in [-0.2, 0) is 4.74 Å². The van der Waals surface area contributed by atoms with Gasteiger partial charge in [-0.05, 0) is 13.0 Å². The largest absolute Gasteiger partial charge is 0.380 e. The van der Waals surface area contributed by atoms with E-state index >= 15 is 0 Å². The molecule has 1 aromatic rings. The van der Waals surface area contributed by atoms with E-state index in [-0.39, 0.29) is 11.5 Å². The summed E-state index contributed by atoms with van der Waals surface area (Å²) in [6.45, 7) is 3.80. The zero-order valence-electron chi connectivity index (χ0n) is 9.92. The molecule has 0 aromatic carbocycles. The van der Waals surface area contributed by atoms with Crippen LogP contribution in [0.15, 0.2) is 12.1 Å². The summed E-state index contributed by atoms with van der Waals surface area (Å²) in [5.74, 6) is 0.517. The molecule has 1 heterocycles. The summed E-state index contributed by atoms with van der Waals surface area (Å²) in [5.41, 5.74) is 5.33. The lowest BCUT2D eigenvalue weighted by Gasteiger charge is -2.17. The number of nitro groups is 1. The summed E-state index contributed by atoms with van der Waals surface area (Å²) in [7, 11) is 1.83. The van der Waals surface area contributed by atoms with Crippen LogP contribution in [0.25, 0.3) is 0 Å². The van der Waals surface area contributed by atoms with E-state index in [1.807, 2.05) is 18.9 Å². The standard InChI is InChI=1S/C10H16N4O3/c1-3-17-7-6-13(2)9-5-4-8(14(15)16)10(11)12-9/h4-5H,3,6-7H2,1-2H3,(H2,11,12). The molecule has 0 radical (unpaired) electrons. The van der Waals surface area contributed by atoms with Crippen LogP contribution in [0, 0.1) is 10.1 Å². The van der Waals surface area contributed by atoms with Crippen molar-refractivity contribution in [3.8, 4) is 0 Å². The van der Waals surface area contributed by atoms with Crippen molar-refractivity contribution in [2.75, 3.05) is 37.4 Å². The molecule has 2 N–H and O–H groups in total. The minimum absolute atomic E-state index is 0.0734. The Morgan fingerprint density at radius 2 is 2.29 bits per heavy atom. The summed E-state index contributed by atoms with van der Waals surface area (Å²) < 4.78 is 5.21. The highest BCUT2D eigenvalue weighted by Gasteiger charge is 2.14. The van der Waals surface area contributed by atoms with Crippen LogP contribution in [-0.4, -0.2) is 36.7 Å². The van der Waals surface area contributed by atoms with E-state index in [4.69, 9.17) is 10.5 Å². The number of ether oxygens (including phenoxy) is 1. The van der Waals surface area contributed by atoms with Gasteiger partial charge in [0.15, 0.2) is 0 Å². The molecule has 7 nitrogen and oxygen atoms in total. The van der Waals surface area contributed by atoms with Crippen LogP contribution < -0.4 is 10.6 Å². The second kappa shape index (κ2) is 6.00. The lowest BCUT2D eigenvalue weighted by molar-refractivity contribution is -0.384. The fourth-order valence-electron chi connectivity index (χ4n) is 1.28. The van der Waals surface area contributed by atoms with Crippen molar-refractivity contribution in [3.63, 3.8) is 0 Å². The second-order valence-corrected chi connectivity index (χ2v) is 3.45. The topological polar surface area (TPSA) is 94.5 Å². The molecule has 94 valence electrons. The Bertz CT molecular complexity index is 397. The van der Waals surface area contributed by atoms with Crippen LogP contribution >= 0.6 is 0 Å². The van der Waals surface area contributed by atoms with E-state index in [1.165, 1.54) is 6.07 Å². The third kappa shape index (κ3) is 3.56. The Balaban J connectivity index is 2.72. The van der Waals surface area contributed by atoms with Crippen molar-refractivity contribution in [2.24, 2.45) is 0 Å². The van der Waals surface area contributed by atoms with Crippen molar-refractivity contribution < 1.29 is 9.66 Å². The average molecular weight is 240 g/mol. The molecule has 17 heavy (non-hydrogen) atoms. The van der Waals surface area contributed by atoms with Gasteiger partial charge in [0.2, 0.25) is 5.82 Å². The minimum atomic E-state index is -0.549. The van der Waals surface area contributed by atoms with E-state index in [9.17, 15) is 10.1 Å². The van der Waals surface area contributed by atoms with Gasteiger partial charge < -0.3 is 15.4 Å². The summed E-state index contributed by atoms with van der Waals surface area (Å²) in [5, 5.41) is 10.6. The molecular formula is C10H16N4O3. The van der Waals surface area contributed by atoms with E-state index in [1.54, 1.807) is 6.07 Å². The Morgan fingerprint density at radius 1 is 1.59 bits per heavy atom. The van der Waals surface area contributed by atoms with Gasteiger partial charge >= 0.3 is 5.69 Å². The number of nitrogen functional groups attached to an aromatic ring is 1. The second-order valence-electron chi connectivity index (χ2n) is 3.45. The summed E-state index contributed by atoms with van der Waals surface area (Å²) in [6, 6.07) is 2.93. The molecule has 1 aromatic heterocycles. The van der Waals surface area contributed by atoms with Gasteiger partial charge in [-0.3, -0.25) is 10.1 Å². The number of hydrogen-bond acceptors (Lipinski definition) is 6. The number of hydrogen-bond donors (Lipinski definition) is 1. The molecule has 0 bridgehead atoms. The lowest BCUT2D eigenvalue weighted by Crippen LogP contribution is -2.23. The van der Waals surface area contributed by atoms with Crippen molar-refractivity contribution in [3.05, 3.63) is 22.2 Å². The Morgan fingerprint density at radius 3 is 2.82 bits per heavy atom. The monoisotopic (exact) mass is 240 g/mol. The summed E-state index contributed by atoms with van der Waals surface area (Å²) >= 11 is 0. The van der Waals surface area contributed by atoms with Crippen molar-refractivity contribution in [1.82, 2.24) is 4.98 Å². The molecule has 0 saturated heterocycles. The van der Waals surface area contributed by atoms with E-state index < -0.39 is 4.92 Å². The highest BCUT2D eigenvalue weighted by molar-refractivity contribution is 5.57. The van der Waals surface area contributed by atoms with E-state index in [0.717, 1.165) is 0 Å². The van der Waals surface area contributed by atoms with Crippen molar-refractivity contribution >= 4 is 17.3 Å². The zero-order chi connectivity index (χ0) is 12.8. The van der Waals surface area contributed by atoms with Crippen molar-refractivity contribution in [1.29, 1.82) is 0 Å². The summed E-state index contributed by atoms with van der Waals surface area (Å²) in [4.78, 5) is 15.8. The highest BCUT2D eigenvalue weighted by atomic mass is 16.6. The predicted octanol–water partition coefficient (Wildman–Crippen LogP) is 1.04. The molecule has 0 fully saturated rings. The third-order valence-electron chi connectivity index (χ3n) is 2.25. The highest BCUT2D eigenvalue weighted by Crippen LogP contribution is 2.22. The normalized spacial score (nSPS) is 10.2. The number of nitrogens with two attached hydrogens (primary N) is 1. The first-order valence-electron chi connectivity index (χ1n) is 5.26. The van der Waals surface area contributed by atoms with E-state index in [2.05, 4.69) is 4.98 Å². The third-order valence-corrected chi connectivity index (χ3v) is 2.25. The number of anilines is 2. The fourth-order valence-corrected chi connectivity index (χ4v) is 1.28. The molecule has 0 saturated carbocycles. The van der Waals surface area contributed by atoms with Crippen molar-refractivity contribution in [2.45, 2.75) is 6.92 Å². The van der Waals surface area contributed by atoms with Gasteiger partial charge in [-0.25, -0.2) is 4.98 Å². The Kier molecular flexibility index (Phi) is 4.65. The maximum atomic E-state index is 10.6. The minimum Gasteiger partial charge on any atom is -0.380 e. The number of likely N-dealkylation sites (N-methyl/N-ethyl adjacent to an activating group) is 1. The van der Waals surface area contributed by atoms with Gasteiger partial charge in [-0.1, -0.05) is 0 Å². The van der Waals surface area contributed by atoms with Crippen LogP contribution in [0.2, 0.25) is 0 Å². The molecule has 1 rings (SSSR count). The smallest absolute Gasteiger partial charge is 0.311 e. The molecule has 0 atom stereocenters. The molecule has 0 unspecified atom stereocenters. The molecular weight excluding hydrogens is 224 g/mol. The molecule has 0 aliphatic carbocycles. The molecule has 0 aliphatic heterocycles. The fraction of sp³-hybridized carbons (Fsp3) is 0.500. The maximum Gasteiger partial charge on any atom is 0.311 e. The average Bonchev–Trinajstić information content (AvgIpc) is 2.28. The Labute approximate surface area is 99.3 Å². The van der Waals surface area contributed by atoms with Gasteiger partial charge in [0, 0.05) is 26.3 Å². The maximum absolute atomic E-state index is 10.6. The first kappa shape index (κ1) is 13.2. The van der Waals surface area contributed by atoms with Gasteiger partial charge in [0.25, 0.3) is 0 Å². The van der Waals surface area contributed by atoms with Crippen LogP contribution in [0.5, 0.6) is 0 Å². The predicted molar refractivity (Wildman–Crippen MR) is 65.1 cm³/mol. The number of aromatic nitrogens is 1. The molecule has 0 spiro atoms. The number of nitrogens with zero attached hydrogens (tertiary/aromatic N) is 3. The zero-order valence-corrected chi connectivity index (χ0v) is 9.92. The van der Waals surface area contributed by atoms with Gasteiger partial charge in [-0.15, -0.1) is 0 Å². The molecule has 7 heteroatoms. The molecule has 0 amide bonds. The van der Waals surface area contributed by atoms with Gasteiger partial charge in [-0.2, -0.15) is 0 Å². The molecule has 0 aliphatic rings. The first-order chi connectivity index (χ1) is 8.06.